The van der Waals surface area contributed by atoms with Crippen LogP contribution in [0.5, 0.6) is 11.5 Å². The van der Waals surface area contributed by atoms with Gasteiger partial charge in [-0.3, -0.25) is 0 Å². The highest BCUT2D eigenvalue weighted by atomic mass is 16.5. The minimum atomic E-state index is -0.902. The third kappa shape index (κ3) is 8.76. The summed E-state index contributed by atoms with van der Waals surface area (Å²) in [4.78, 5) is 10.4. The third-order valence-corrected chi connectivity index (χ3v) is 3.87. The third-order valence-electron chi connectivity index (χ3n) is 3.87. The summed E-state index contributed by atoms with van der Waals surface area (Å²) in [5.74, 6) is 0.270. The number of aromatic carboxylic acids is 1. The number of rotatable bonds is 5. The van der Waals surface area contributed by atoms with Gasteiger partial charge in [0.2, 0.25) is 0 Å². The number of phenols is 1. The molecule has 0 aliphatic carbocycles. The van der Waals surface area contributed by atoms with Gasteiger partial charge < -0.3 is 14.9 Å². The van der Waals surface area contributed by atoms with Crippen molar-refractivity contribution >= 4 is 24.2 Å². The lowest BCUT2D eigenvalue weighted by molar-refractivity contribution is 0.0697. The summed E-state index contributed by atoms with van der Waals surface area (Å²) in [6, 6.07) is 21.2. The van der Waals surface area contributed by atoms with Crippen LogP contribution < -0.4 is 4.74 Å². The van der Waals surface area contributed by atoms with Crippen molar-refractivity contribution in [2.75, 3.05) is 7.11 Å². The van der Waals surface area contributed by atoms with E-state index in [0.29, 0.717) is 11.3 Å². The van der Waals surface area contributed by atoms with Crippen molar-refractivity contribution in [3.8, 4) is 11.5 Å². The van der Waals surface area contributed by atoms with Crippen molar-refractivity contribution in [2.24, 2.45) is 0 Å². The molecule has 3 aromatic rings. The molecule has 0 spiro atoms. The normalized spacial score (nSPS) is 8.97. The number of carboxylic acid groups (broad SMARTS) is 1. The fraction of sp³-hybridized carbons (Fsp3) is 0.0385. The molecule has 0 fully saturated rings. The minimum absolute atomic E-state index is 0.292. The predicted octanol–water partition coefficient (Wildman–Crippen LogP) is 6.40. The molecule has 2 N–H and O–H groups in total. The minimum Gasteiger partial charge on any atom is -0.508 e. The first-order chi connectivity index (χ1) is 14.4. The molecule has 4 heteroatoms. The van der Waals surface area contributed by atoms with Crippen molar-refractivity contribution in [3.63, 3.8) is 0 Å². The van der Waals surface area contributed by atoms with Crippen LogP contribution in [0.4, 0.5) is 0 Å². The zero-order valence-electron chi connectivity index (χ0n) is 17.0. The topological polar surface area (TPSA) is 66.8 Å². The van der Waals surface area contributed by atoms with Gasteiger partial charge in [-0.05, 0) is 53.1 Å². The molecular weight excluding hydrogens is 376 g/mol. The van der Waals surface area contributed by atoms with Gasteiger partial charge >= 0.3 is 5.97 Å². The summed E-state index contributed by atoms with van der Waals surface area (Å²) in [7, 11) is 1.66. The van der Waals surface area contributed by atoms with Crippen molar-refractivity contribution in [3.05, 3.63) is 115 Å². The van der Waals surface area contributed by atoms with Gasteiger partial charge in [0.25, 0.3) is 0 Å². The number of aromatic hydroxyl groups is 1. The van der Waals surface area contributed by atoms with Crippen LogP contribution in [0.15, 0.2) is 92.5 Å². The second-order valence-electron chi connectivity index (χ2n) is 5.90. The summed E-state index contributed by atoms with van der Waals surface area (Å²) < 4.78 is 4.98. The molecule has 3 aromatic carbocycles. The molecule has 0 unspecified atom stereocenters. The Kier molecular flexibility index (Phi) is 10.5. The molecule has 0 saturated carbocycles. The molecule has 0 radical (unpaired) electrons. The van der Waals surface area contributed by atoms with Crippen LogP contribution in [0, 0.1) is 0 Å². The van der Waals surface area contributed by atoms with E-state index in [0.717, 1.165) is 22.4 Å². The second kappa shape index (κ2) is 13.2. The van der Waals surface area contributed by atoms with E-state index in [4.69, 9.17) is 14.9 Å². The number of ether oxygens (including phenoxy) is 1. The smallest absolute Gasteiger partial charge is 0.335 e. The molecule has 0 aromatic heterocycles. The summed E-state index contributed by atoms with van der Waals surface area (Å²) in [6.45, 7) is 10.8. The van der Waals surface area contributed by atoms with Crippen LogP contribution in [-0.2, 0) is 0 Å². The Labute approximate surface area is 177 Å². The molecule has 0 bridgehead atoms. The lowest BCUT2D eigenvalue weighted by Gasteiger charge is -1.97. The number of hydrogen-bond acceptors (Lipinski definition) is 3. The van der Waals surface area contributed by atoms with Crippen molar-refractivity contribution in [1.82, 2.24) is 0 Å². The Morgan fingerprint density at radius 1 is 0.733 bits per heavy atom. The Balaban J connectivity index is 0.000000226. The first-order valence-corrected chi connectivity index (χ1v) is 9.07. The Hall–Kier alpha value is -4.05. The SMILES string of the molecule is C=Cc1ccc(C(=O)O)cc1.C=Cc1ccc(O)cc1.C=Cc1ccc(OC)cc1. The van der Waals surface area contributed by atoms with E-state index < -0.39 is 5.97 Å². The molecular formula is C26H26O4. The number of carboxylic acids is 1. The van der Waals surface area contributed by atoms with Crippen LogP contribution in [0.1, 0.15) is 27.0 Å². The molecule has 30 heavy (non-hydrogen) atoms. The standard InChI is InChI=1S/C9H8O2.C9H10O.C8H8O/c1-2-7-3-5-8(6-4-7)9(10)11;1-3-8-4-6-9(10-2)7-5-8;1-2-7-3-5-8(9)6-4-7/h2-6H,1H2,(H,10,11);3-7H,1H2,2H3;2-6,9H,1H2. The molecule has 0 saturated heterocycles. The van der Waals surface area contributed by atoms with E-state index in [1.54, 1.807) is 61.7 Å². The number of hydrogen-bond donors (Lipinski definition) is 2. The highest BCUT2D eigenvalue weighted by Crippen LogP contribution is 2.11. The Morgan fingerprint density at radius 2 is 1.10 bits per heavy atom. The molecule has 0 aliphatic rings. The Morgan fingerprint density at radius 3 is 1.43 bits per heavy atom. The number of methoxy groups -OCH3 is 1. The van der Waals surface area contributed by atoms with Gasteiger partial charge in [0.1, 0.15) is 11.5 Å². The molecule has 0 amide bonds. The van der Waals surface area contributed by atoms with Gasteiger partial charge in [-0.25, -0.2) is 4.79 Å². The predicted molar refractivity (Wildman–Crippen MR) is 125 cm³/mol. The zero-order valence-corrected chi connectivity index (χ0v) is 17.0. The van der Waals surface area contributed by atoms with Gasteiger partial charge in [-0.1, -0.05) is 74.4 Å². The van der Waals surface area contributed by atoms with E-state index in [1.807, 2.05) is 36.4 Å². The molecule has 4 nitrogen and oxygen atoms in total. The van der Waals surface area contributed by atoms with E-state index in [9.17, 15) is 4.79 Å². The second-order valence-corrected chi connectivity index (χ2v) is 5.90. The average molecular weight is 402 g/mol. The lowest BCUT2D eigenvalue weighted by Crippen LogP contribution is -1.94. The first-order valence-electron chi connectivity index (χ1n) is 9.07. The maximum absolute atomic E-state index is 10.4. The quantitative estimate of drug-likeness (QED) is 0.518. The highest BCUT2D eigenvalue weighted by Gasteiger charge is 1.99. The van der Waals surface area contributed by atoms with E-state index >= 15 is 0 Å². The number of phenolic OH excluding ortho intramolecular Hbond substituents is 1. The first kappa shape index (κ1) is 24.0. The van der Waals surface area contributed by atoms with Crippen LogP contribution in [0.25, 0.3) is 18.2 Å². The summed E-state index contributed by atoms with van der Waals surface area (Å²) in [5, 5.41) is 17.3. The maximum atomic E-state index is 10.4. The summed E-state index contributed by atoms with van der Waals surface area (Å²) in [6.07, 6.45) is 5.21. The Bertz CT molecular complexity index is 938. The fourth-order valence-corrected chi connectivity index (χ4v) is 2.11. The highest BCUT2D eigenvalue weighted by molar-refractivity contribution is 5.87. The number of carbonyl (C=O) groups is 1. The van der Waals surface area contributed by atoms with Gasteiger partial charge in [-0.15, -0.1) is 0 Å². The summed E-state index contributed by atoms with van der Waals surface area (Å²) >= 11 is 0. The molecule has 0 aliphatic heterocycles. The molecule has 0 heterocycles. The van der Waals surface area contributed by atoms with Gasteiger partial charge in [0.05, 0.1) is 12.7 Å². The lowest BCUT2D eigenvalue weighted by atomic mass is 10.1. The van der Waals surface area contributed by atoms with E-state index in [1.165, 1.54) is 0 Å². The molecule has 154 valence electrons. The van der Waals surface area contributed by atoms with Crippen LogP contribution >= 0.6 is 0 Å². The maximum Gasteiger partial charge on any atom is 0.335 e. The van der Waals surface area contributed by atoms with Crippen LogP contribution in [0.3, 0.4) is 0 Å². The van der Waals surface area contributed by atoms with Gasteiger partial charge in [0.15, 0.2) is 0 Å². The van der Waals surface area contributed by atoms with E-state index in [-0.39, 0.29) is 0 Å². The average Bonchev–Trinajstić information content (AvgIpc) is 2.80. The van der Waals surface area contributed by atoms with Crippen molar-refractivity contribution in [2.45, 2.75) is 0 Å². The monoisotopic (exact) mass is 402 g/mol. The summed E-state index contributed by atoms with van der Waals surface area (Å²) in [5.41, 5.74) is 3.36. The largest absolute Gasteiger partial charge is 0.508 e. The molecule has 3 rings (SSSR count). The van der Waals surface area contributed by atoms with Crippen molar-refractivity contribution in [1.29, 1.82) is 0 Å². The fourth-order valence-electron chi connectivity index (χ4n) is 2.11. The molecule has 0 atom stereocenters. The van der Waals surface area contributed by atoms with Crippen LogP contribution in [-0.4, -0.2) is 23.3 Å². The van der Waals surface area contributed by atoms with Crippen LogP contribution in [0.2, 0.25) is 0 Å². The van der Waals surface area contributed by atoms with E-state index in [2.05, 4.69) is 19.7 Å². The number of benzene rings is 3. The zero-order chi connectivity index (χ0) is 22.4. The van der Waals surface area contributed by atoms with Gasteiger partial charge in [-0.2, -0.15) is 0 Å². The van der Waals surface area contributed by atoms with Crippen molar-refractivity contribution < 1.29 is 19.7 Å². The van der Waals surface area contributed by atoms with Gasteiger partial charge in [0, 0.05) is 0 Å².